The molecule has 0 atom stereocenters. The van der Waals surface area contributed by atoms with Crippen molar-refractivity contribution in [1.82, 2.24) is 30.0 Å². The minimum atomic E-state index is -4.61. The summed E-state index contributed by atoms with van der Waals surface area (Å²) in [7, 11) is 0. The first kappa shape index (κ1) is 25.4. The van der Waals surface area contributed by atoms with Crippen molar-refractivity contribution >= 4 is 29.1 Å². The number of amides is 2. The van der Waals surface area contributed by atoms with Crippen LogP contribution >= 0.6 is 0 Å². The van der Waals surface area contributed by atoms with E-state index in [9.17, 15) is 22.8 Å². The van der Waals surface area contributed by atoms with Gasteiger partial charge in [0, 0.05) is 30.4 Å². The van der Waals surface area contributed by atoms with Crippen molar-refractivity contribution in [1.29, 1.82) is 0 Å². The average molecular weight is 535 g/mol. The maximum atomic E-state index is 13.3. The monoisotopic (exact) mass is 535 g/mol. The smallest absolute Gasteiger partial charge is 0.383 e. The summed E-state index contributed by atoms with van der Waals surface area (Å²) in [6, 6.07) is 2.14. The number of rotatable bonds is 4. The lowest BCUT2D eigenvalue weighted by Crippen LogP contribution is -2.28. The lowest BCUT2D eigenvalue weighted by Gasteiger charge is -2.22. The number of ketones is 1. The van der Waals surface area contributed by atoms with Crippen molar-refractivity contribution in [2.45, 2.75) is 19.0 Å². The van der Waals surface area contributed by atoms with Crippen LogP contribution in [0, 0.1) is 0 Å². The summed E-state index contributed by atoms with van der Waals surface area (Å²) >= 11 is 0. The lowest BCUT2D eigenvalue weighted by atomic mass is 10.1. The van der Waals surface area contributed by atoms with Crippen molar-refractivity contribution in [2.24, 2.45) is 0 Å². The minimum absolute atomic E-state index is 0.0814. The van der Waals surface area contributed by atoms with E-state index in [1.54, 1.807) is 41.5 Å². The number of carbonyl (C=O) groups is 2. The molecular weight excluding hydrogens is 515 g/mol. The first-order valence-electron chi connectivity index (χ1n) is 11.5. The van der Waals surface area contributed by atoms with Gasteiger partial charge in [-0.15, -0.1) is 0 Å². The van der Waals surface area contributed by atoms with Gasteiger partial charge in [0.1, 0.15) is 30.4 Å². The largest absolute Gasteiger partial charge is 0.416 e. The Labute approximate surface area is 219 Å². The molecular formula is C25H20F3N9O2. The zero-order chi connectivity index (χ0) is 27.6. The van der Waals surface area contributed by atoms with Crippen molar-refractivity contribution in [3.8, 4) is 5.69 Å². The highest BCUT2D eigenvalue weighted by Crippen LogP contribution is 2.34. The number of nitrogens with two attached hydrogens (primary N) is 1. The number of alkyl halides is 3. The van der Waals surface area contributed by atoms with E-state index in [-0.39, 0.29) is 35.0 Å². The molecule has 11 nitrogen and oxygen atoms in total. The van der Waals surface area contributed by atoms with Crippen LogP contribution in [0.25, 0.3) is 5.69 Å². The second-order valence-electron chi connectivity index (χ2n) is 8.37. The van der Waals surface area contributed by atoms with Gasteiger partial charge in [0.15, 0.2) is 11.6 Å². The first-order chi connectivity index (χ1) is 18.7. The minimum Gasteiger partial charge on any atom is -0.383 e. The summed E-state index contributed by atoms with van der Waals surface area (Å²) < 4.78 is 41.2. The van der Waals surface area contributed by atoms with E-state index in [4.69, 9.17) is 5.73 Å². The van der Waals surface area contributed by atoms with E-state index in [0.29, 0.717) is 17.9 Å². The van der Waals surface area contributed by atoms with Gasteiger partial charge in [-0.1, -0.05) is 12.2 Å². The number of benzene rings is 1. The van der Waals surface area contributed by atoms with Crippen LogP contribution < -0.4 is 21.3 Å². The van der Waals surface area contributed by atoms with E-state index in [1.807, 2.05) is 0 Å². The maximum Gasteiger partial charge on any atom is 0.416 e. The van der Waals surface area contributed by atoms with Crippen LogP contribution in [0.4, 0.5) is 35.3 Å². The summed E-state index contributed by atoms with van der Waals surface area (Å²) in [6.45, 7) is 0. The lowest BCUT2D eigenvalue weighted by molar-refractivity contribution is -0.137. The molecule has 5 rings (SSSR count). The molecule has 0 spiro atoms. The second-order valence-corrected chi connectivity index (χ2v) is 8.37. The molecule has 0 bridgehead atoms. The Morgan fingerprint density at radius 2 is 1.90 bits per heavy atom. The number of nitrogen functional groups attached to an aromatic ring is 1. The predicted octanol–water partition coefficient (Wildman–Crippen LogP) is 4.11. The SMILES string of the molecule is Nc1ncnc2c1C(=O)CC=CN2C1=CC=C(NC(=O)Nc2cc(C(F)(F)F)ccc2-n2cncn2)C=CC1. The topological polar surface area (TPSA) is 144 Å². The summed E-state index contributed by atoms with van der Waals surface area (Å²) in [5, 5.41) is 9.02. The fraction of sp³-hybridized carbons (Fsp3) is 0.120. The fourth-order valence-corrected chi connectivity index (χ4v) is 4.02. The van der Waals surface area contributed by atoms with Gasteiger partial charge in [0.25, 0.3) is 0 Å². The number of allylic oxidation sites excluding steroid dienone is 5. The second kappa shape index (κ2) is 10.2. The van der Waals surface area contributed by atoms with Crippen molar-refractivity contribution in [2.75, 3.05) is 16.0 Å². The molecule has 0 unspecified atom stereocenters. The zero-order valence-electron chi connectivity index (χ0n) is 20.1. The van der Waals surface area contributed by atoms with E-state index in [0.717, 1.165) is 17.8 Å². The van der Waals surface area contributed by atoms with E-state index in [1.165, 1.54) is 29.7 Å². The Morgan fingerprint density at radius 1 is 1.05 bits per heavy atom. The molecule has 1 aromatic carbocycles. The van der Waals surface area contributed by atoms with Crippen LogP contribution in [-0.2, 0) is 6.18 Å². The van der Waals surface area contributed by atoms with Gasteiger partial charge in [-0.2, -0.15) is 18.3 Å². The maximum absolute atomic E-state index is 13.3. The molecule has 3 heterocycles. The van der Waals surface area contributed by atoms with Crippen LogP contribution in [0.5, 0.6) is 0 Å². The van der Waals surface area contributed by atoms with Crippen molar-refractivity contribution in [3.63, 3.8) is 0 Å². The number of fused-ring (bicyclic) bond motifs is 1. The molecule has 2 aromatic heterocycles. The predicted molar refractivity (Wildman–Crippen MR) is 135 cm³/mol. The Balaban J connectivity index is 1.38. The van der Waals surface area contributed by atoms with E-state index < -0.39 is 17.8 Å². The molecule has 1 aliphatic heterocycles. The number of nitrogens with zero attached hydrogens (tertiary/aromatic N) is 6. The third-order valence-corrected chi connectivity index (χ3v) is 5.81. The Morgan fingerprint density at radius 3 is 2.67 bits per heavy atom. The van der Waals surface area contributed by atoms with Crippen LogP contribution in [-0.4, -0.2) is 36.5 Å². The normalized spacial score (nSPS) is 15.2. The van der Waals surface area contributed by atoms with Crippen LogP contribution in [0.1, 0.15) is 28.8 Å². The van der Waals surface area contributed by atoms with Gasteiger partial charge in [-0.25, -0.2) is 24.4 Å². The van der Waals surface area contributed by atoms with Crippen molar-refractivity contribution in [3.05, 3.63) is 96.3 Å². The summed E-state index contributed by atoms with van der Waals surface area (Å²) in [4.78, 5) is 39.0. The number of urea groups is 1. The molecule has 0 saturated carbocycles. The number of nitrogens with one attached hydrogen (secondary N) is 2. The molecule has 1 aliphatic carbocycles. The number of Topliss-reactive ketones (excluding diaryl/α,β-unsaturated/α-hetero) is 1. The summed E-state index contributed by atoms with van der Waals surface area (Å²) in [6.07, 6.45) is 9.92. The first-order valence-corrected chi connectivity index (χ1v) is 11.5. The standard InChI is InChI=1S/C25H20F3N9O2/c26-25(27,28)15-6-9-19(37-14-30-12-33-37)18(11-15)35-24(39)34-16-3-1-4-17(8-7-16)36-10-2-5-20(38)21-22(29)31-13-32-23(21)36/h1-3,6-14H,4-5H2,(H2,29,31,32)(H2,34,35,39). The molecule has 3 aromatic rings. The zero-order valence-corrected chi connectivity index (χ0v) is 20.1. The number of halogens is 3. The molecule has 39 heavy (non-hydrogen) atoms. The highest BCUT2D eigenvalue weighted by Gasteiger charge is 2.31. The Hall–Kier alpha value is -5.27. The molecule has 198 valence electrons. The number of hydrogen-bond acceptors (Lipinski definition) is 8. The van der Waals surface area contributed by atoms with Crippen LogP contribution in [0.3, 0.4) is 0 Å². The quantitative estimate of drug-likeness (QED) is 0.453. The molecule has 2 amide bonds. The third-order valence-electron chi connectivity index (χ3n) is 5.81. The average Bonchev–Trinajstić information content (AvgIpc) is 3.25. The van der Waals surface area contributed by atoms with Gasteiger partial charge < -0.3 is 21.3 Å². The molecule has 0 fully saturated rings. The van der Waals surface area contributed by atoms with Gasteiger partial charge in [-0.3, -0.25) is 4.79 Å². The van der Waals surface area contributed by atoms with Crippen LogP contribution in [0.15, 0.2) is 85.2 Å². The molecule has 2 aliphatic rings. The Bertz CT molecular complexity index is 1560. The van der Waals surface area contributed by atoms with Crippen LogP contribution in [0.2, 0.25) is 0 Å². The Kier molecular flexibility index (Phi) is 6.66. The van der Waals surface area contributed by atoms with Gasteiger partial charge in [0.2, 0.25) is 0 Å². The summed E-state index contributed by atoms with van der Waals surface area (Å²) in [5.41, 5.74) is 6.41. The number of hydrogen-bond donors (Lipinski definition) is 3. The third kappa shape index (κ3) is 5.39. The van der Waals surface area contributed by atoms with Gasteiger partial charge in [-0.05, 0) is 36.4 Å². The van der Waals surface area contributed by atoms with Gasteiger partial charge in [0.05, 0.1) is 16.9 Å². The van der Waals surface area contributed by atoms with Gasteiger partial charge >= 0.3 is 12.2 Å². The van der Waals surface area contributed by atoms with E-state index >= 15 is 0 Å². The molecule has 0 radical (unpaired) electrons. The van der Waals surface area contributed by atoms with Crippen molar-refractivity contribution < 1.29 is 22.8 Å². The highest BCUT2D eigenvalue weighted by molar-refractivity contribution is 6.06. The number of carbonyl (C=O) groups excluding carboxylic acids is 2. The molecule has 0 saturated heterocycles. The number of aromatic nitrogens is 5. The van der Waals surface area contributed by atoms with E-state index in [2.05, 4.69) is 30.7 Å². The molecule has 14 heteroatoms. The summed E-state index contributed by atoms with van der Waals surface area (Å²) in [5.74, 6) is 0.215. The number of anilines is 3. The molecule has 4 N–H and O–H groups in total. The fourth-order valence-electron chi connectivity index (χ4n) is 4.02. The highest BCUT2D eigenvalue weighted by atomic mass is 19.4.